The molecular formula is C20H19F3N4O2. The number of amides is 2. The molecule has 0 saturated carbocycles. The third kappa shape index (κ3) is 5.07. The van der Waals surface area contributed by atoms with Crippen molar-refractivity contribution < 1.29 is 22.7 Å². The molecule has 1 aliphatic rings. The largest absolute Gasteiger partial charge is 0.493 e. The SMILES string of the molecule is CCOc1ccc(NC(=O)Nc2cccc(C3=CN=C(N)C3)c2)cc1C(F)(F)F. The van der Waals surface area contributed by atoms with Crippen molar-refractivity contribution in [2.45, 2.75) is 19.5 Å². The number of aliphatic imine (C=N–C) groups is 1. The summed E-state index contributed by atoms with van der Waals surface area (Å²) in [5, 5.41) is 5.01. The molecule has 2 aromatic rings. The first-order chi connectivity index (χ1) is 13.8. The van der Waals surface area contributed by atoms with Gasteiger partial charge in [0.1, 0.15) is 11.6 Å². The number of anilines is 2. The molecular weight excluding hydrogens is 385 g/mol. The summed E-state index contributed by atoms with van der Waals surface area (Å²) < 4.78 is 44.7. The van der Waals surface area contributed by atoms with Crippen molar-refractivity contribution in [2.24, 2.45) is 10.7 Å². The zero-order valence-electron chi connectivity index (χ0n) is 15.5. The summed E-state index contributed by atoms with van der Waals surface area (Å²) >= 11 is 0. The summed E-state index contributed by atoms with van der Waals surface area (Å²) in [5.41, 5.74) is 6.94. The summed E-state index contributed by atoms with van der Waals surface area (Å²) in [6, 6.07) is 9.70. The van der Waals surface area contributed by atoms with Gasteiger partial charge in [0.25, 0.3) is 0 Å². The van der Waals surface area contributed by atoms with Crippen molar-refractivity contribution in [3.63, 3.8) is 0 Å². The molecule has 0 unspecified atom stereocenters. The van der Waals surface area contributed by atoms with E-state index in [1.165, 1.54) is 12.1 Å². The number of hydrogen-bond donors (Lipinski definition) is 3. The first-order valence-corrected chi connectivity index (χ1v) is 8.80. The van der Waals surface area contributed by atoms with Crippen molar-refractivity contribution in [2.75, 3.05) is 17.2 Å². The van der Waals surface area contributed by atoms with Crippen LogP contribution in [0.15, 0.2) is 53.7 Å². The molecule has 0 radical (unpaired) electrons. The molecule has 1 aliphatic heterocycles. The van der Waals surface area contributed by atoms with Crippen LogP contribution >= 0.6 is 0 Å². The van der Waals surface area contributed by atoms with Crippen molar-refractivity contribution >= 4 is 28.8 Å². The predicted octanol–water partition coefficient (Wildman–Crippen LogP) is 4.85. The highest BCUT2D eigenvalue weighted by atomic mass is 19.4. The lowest BCUT2D eigenvalue weighted by Crippen LogP contribution is -2.20. The second-order valence-corrected chi connectivity index (χ2v) is 6.25. The Bertz CT molecular complexity index is 984. The van der Waals surface area contributed by atoms with Gasteiger partial charge < -0.3 is 21.1 Å². The van der Waals surface area contributed by atoms with Gasteiger partial charge in [0.2, 0.25) is 0 Å². The number of ether oxygens (including phenoxy) is 1. The number of nitrogens with zero attached hydrogens (tertiary/aromatic N) is 1. The molecule has 6 nitrogen and oxygen atoms in total. The predicted molar refractivity (Wildman–Crippen MR) is 106 cm³/mol. The lowest BCUT2D eigenvalue weighted by Gasteiger charge is -2.15. The molecule has 1 heterocycles. The van der Waals surface area contributed by atoms with Crippen LogP contribution in [0, 0.1) is 0 Å². The fourth-order valence-corrected chi connectivity index (χ4v) is 2.82. The van der Waals surface area contributed by atoms with Crippen LogP contribution in [0.1, 0.15) is 24.5 Å². The molecule has 0 atom stereocenters. The van der Waals surface area contributed by atoms with Gasteiger partial charge in [-0.3, -0.25) is 0 Å². The van der Waals surface area contributed by atoms with Crippen molar-refractivity contribution in [1.29, 1.82) is 0 Å². The molecule has 0 spiro atoms. The number of rotatable bonds is 5. The normalized spacial score (nSPS) is 13.5. The minimum absolute atomic E-state index is 0.00546. The van der Waals surface area contributed by atoms with Gasteiger partial charge >= 0.3 is 12.2 Å². The van der Waals surface area contributed by atoms with Crippen molar-refractivity contribution in [3.05, 3.63) is 59.8 Å². The van der Waals surface area contributed by atoms with Crippen molar-refractivity contribution in [3.8, 4) is 5.75 Å². The van der Waals surface area contributed by atoms with E-state index in [-0.39, 0.29) is 18.0 Å². The molecule has 3 rings (SSSR count). The number of alkyl halides is 3. The van der Waals surface area contributed by atoms with Gasteiger partial charge in [0.05, 0.1) is 12.2 Å². The Hall–Kier alpha value is -3.49. The van der Waals surface area contributed by atoms with Crippen LogP contribution in [0.4, 0.5) is 29.3 Å². The monoisotopic (exact) mass is 404 g/mol. The molecule has 2 aromatic carbocycles. The number of amidine groups is 1. The fourth-order valence-electron chi connectivity index (χ4n) is 2.82. The van der Waals surface area contributed by atoms with Crippen molar-refractivity contribution in [1.82, 2.24) is 0 Å². The average Bonchev–Trinajstić information content (AvgIpc) is 3.09. The maximum absolute atomic E-state index is 13.2. The molecule has 0 aromatic heterocycles. The fraction of sp³-hybridized carbons (Fsp3) is 0.200. The maximum Gasteiger partial charge on any atom is 0.420 e. The van der Waals surface area contributed by atoms with Gasteiger partial charge in [-0.15, -0.1) is 0 Å². The maximum atomic E-state index is 13.2. The number of carbonyl (C=O) groups excluding carboxylic acids is 1. The van der Waals surface area contributed by atoms with Crippen LogP contribution < -0.4 is 21.1 Å². The highest BCUT2D eigenvalue weighted by molar-refractivity contribution is 6.00. The van der Waals surface area contributed by atoms with E-state index in [9.17, 15) is 18.0 Å². The third-order valence-corrected chi connectivity index (χ3v) is 4.09. The number of hydrogen-bond acceptors (Lipinski definition) is 4. The molecule has 9 heteroatoms. The Morgan fingerprint density at radius 2 is 1.90 bits per heavy atom. The Balaban J connectivity index is 1.71. The topological polar surface area (TPSA) is 88.7 Å². The average molecular weight is 404 g/mol. The van der Waals surface area contributed by atoms with Crippen LogP contribution in [0.3, 0.4) is 0 Å². The van der Waals surface area contributed by atoms with Gasteiger partial charge in [-0.2, -0.15) is 13.2 Å². The van der Waals surface area contributed by atoms with E-state index in [4.69, 9.17) is 10.5 Å². The Morgan fingerprint density at radius 3 is 2.52 bits per heavy atom. The van der Waals surface area contributed by atoms with E-state index in [1.54, 1.807) is 31.3 Å². The standard InChI is InChI=1S/C20H19F3N4O2/c1-2-29-17-7-6-15(10-16(17)20(21,22)23)27-19(28)26-14-5-3-4-12(8-14)13-9-18(24)25-11-13/h3-8,10-11H,2,9H2,1H3,(H2,24,25)(H2,26,27,28). The zero-order chi connectivity index (χ0) is 21.0. The number of urea groups is 1. The van der Waals surface area contributed by atoms with E-state index in [1.807, 2.05) is 6.07 Å². The molecule has 2 amide bonds. The second kappa shape index (κ2) is 8.26. The summed E-state index contributed by atoms with van der Waals surface area (Å²) in [5.74, 6) is 0.220. The van der Waals surface area contributed by atoms with Crippen LogP contribution in [0.5, 0.6) is 5.75 Å². The van der Waals surface area contributed by atoms with Gasteiger partial charge in [-0.1, -0.05) is 12.1 Å². The van der Waals surface area contributed by atoms with Gasteiger partial charge in [-0.05, 0) is 48.4 Å². The number of halogens is 3. The first kappa shape index (κ1) is 20.2. The minimum Gasteiger partial charge on any atom is -0.493 e. The molecule has 0 fully saturated rings. The number of carbonyl (C=O) groups is 1. The van der Waals surface area contributed by atoms with Gasteiger partial charge in [0, 0.05) is 24.0 Å². The molecule has 0 bridgehead atoms. The number of benzene rings is 2. The smallest absolute Gasteiger partial charge is 0.420 e. The lowest BCUT2D eigenvalue weighted by molar-refractivity contribution is -0.138. The molecule has 0 saturated heterocycles. The zero-order valence-corrected chi connectivity index (χ0v) is 15.5. The quantitative estimate of drug-likeness (QED) is 0.666. The summed E-state index contributed by atoms with van der Waals surface area (Å²) in [6.07, 6.45) is -2.43. The van der Waals surface area contributed by atoms with E-state index in [2.05, 4.69) is 15.6 Å². The summed E-state index contributed by atoms with van der Waals surface area (Å²) in [4.78, 5) is 16.3. The summed E-state index contributed by atoms with van der Waals surface area (Å²) in [6.45, 7) is 1.69. The number of nitrogens with one attached hydrogen (secondary N) is 2. The lowest BCUT2D eigenvalue weighted by atomic mass is 10.0. The van der Waals surface area contributed by atoms with Crippen LogP contribution in [-0.4, -0.2) is 18.5 Å². The Kier molecular flexibility index (Phi) is 5.76. The van der Waals surface area contributed by atoms with Crippen LogP contribution in [0.2, 0.25) is 0 Å². The molecule has 4 N–H and O–H groups in total. The number of nitrogens with two attached hydrogens (primary N) is 1. The third-order valence-electron chi connectivity index (χ3n) is 4.09. The Morgan fingerprint density at radius 1 is 1.17 bits per heavy atom. The summed E-state index contributed by atoms with van der Waals surface area (Å²) in [7, 11) is 0. The van der Waals surface area contributed by atoms with Gasteiger partial charge in [0.15, 0.2) is 0 Å². The van der Waals surface area contributed by atoms with Crippen LogP contribution in [-0.2, 0) is 6.18 Å². The minimum atomic E-state index is -4.61. The molecule has 0 aliphatic carbocycles. The van der Waals surface area contributed by atoms with E-state index < -0.39 is 17.8 Å². The van der Waals surface area contributed by atoms with Gasteiger partial charge in [-0.25, -0.2) is 9.79 Å². The second-order valence-electron chi connectivity index (χ2n) is 6.25. The molecule has 152 valence electrons. The molecule has 29 heavy (non-hydrogen) atoms. The van der Waals surface area contributed by atoms with Crippen LogP contribution in [0.25, 0.3) is 5.57 Å². The Labute approximate surface area is 165 Å². The van der Waals surface area contributed by atoms with E-state index >= 15 is 0 Å². The highest BCUT2D eigenvalue weighted by Gasteiger charge is 2.34. The highest BCUT2D eigenvalue weighted by Crippen LogP contribution is 2.38. The van der Waals surface area contributed by atoms with E-state index in [0.717, 1.165) is 17.2 Å². The van der Waals surface area contributed by atoms with E-state index in [0.29, 0.717) is 17.9 Å². The first-order valence-electron chi connectivity index (χ1n) is 8.80.